The van der Waals surface area contributed by atoms with Crippen LogP contribution in [-0.2, 0) is 10.9 Å². The molecule has 2 saturated heterocycles. The highest BCUT2D eigenvalue weighted by molar-refractivity contribution is 5.94. The van der Waals surface area contributed by atoms with E-state index in [4.69, 9.17) is 4.74 Å². The van der Waals surface area contributed by atoms with E-state index in [-0.39, 0.29) is 23.9 Å². The Balaban J connectivity index is 1.37. The molecule has 3 fully saturated rings. The number of aromatic nitrogens is 4. The minimum absolute atomic E-state index is 0.140. The number of pyridine rings is 1. The van der Waals surface area contributed by atoms with Gasteiger partial charge in [-0.2, -0.15) is 13.2 Å². The number of nitrogens with one attached hydrogen (secondary N) is 3. The average molecular weight is 516 g/mol. The Morgan fingerprint density at radius 3 is 2.76 bits per heavy atom. The molecule has 1 saturated carbocycles. The van der Waals surface area contributed by atoms with E-state index in [1.807, 2.05) is 0 Å². The van der Waals surface area contributed by atoms with E-state index in [2.05, 4.69) is 30.9 Å². The number of fused-ring (bicyclic) bond motifs is 1. The van der Waals surface area contributed by atoms with Crippen LogP contribution in [-0.4, -0.2) is 58.3 Å². The van der Waals surface area contributed by atoms with Crippen molar-refractivity contribution in [3.8, 4) is 11.3 Å². The fraction of sp³-hybridized carbons (Fsp3) is 0.577. The molecule has 2 aliphatic heterocycles. The quantitative estimate of drug-likeness (QED) is 0.476. The third-order valence-electron chi connectivity index (χ3n) is 8.09. The van der Waals surface area contributed by atoms with Gasteiger partial charge in [0.05, 0.1) is 12.3 Å². The largest absolute Gasteiger partial charge is 0.419 e. The molecule has 1 aliphatic carbocycles. The number of hydrogen-bond acceptors (Lipinski definition) is 7. The third-order valence-corrected chi connectivity index (χ3v) is 8.09. The first kappa shape index (κ1) is 24.6. The fourth-order valence-corrected chi connectivity index (χ4v) is 6.25. The van der Waals surface area contributed by atoms with E-state index in [1.54, 1.807) is 29.1 Å². The standard InChI is InChI=1S/C26H32F3N7O/c27-26(28,29)20-14-33-24(34-17-3-1-5-25(13-17)6-9-30-10-7-25)35-22(20)19-16-36(21-15-31-11-12-37-21)23-18(19)4-2-8-32-23/h2,4,8,14,16-17,21,30-31H,1,3,5-7,9-13,15H2,(H,33,34,35). The summed E-state index contributed by atoms with van der Waals surface area (Å²) < 4.78 is 50.2. The molecule has 198 valence electrons. The van der Waals surface area contributed by atoms with Crippen molar-refractivity contribution < 1.29 is 17.9 Å². The fourth-order valence-electron chi connectivity index (χ4n) is 6.25. The van der Waals surface area contributed by atoms with Crippen molar-refractivity contribution in [3.05, 3.63) is 36.3 Å². The SMILES string of the molecule is FC(F)(F)c1cnc(NC2CCCC3(CCNCC3)C2)nc1-c1cn(C2CNCCO2)c2ncccc12. The topological polar surface area (TPSA) is 88.9 Å². The Morgan fingerprint density at radius 2 is 1.97 bits per heavy atom. The van der Waals surface area contributed by atoms with Gasteiger partial charge < -0.3 is 25.3 Å². The lowest BCUT2D eigenvalue weighted by Gasteiger charge is -2.44. The normalized spacial score (nSPS) is 24.4. The Bertz CT molecular complexity index is 1240. The zero-order valence-corrected chi connectivity index (χ0v) is 20.7. The lowest BCUT2D eigenvalue weighted by Crippen LogP contribution is -2.43. The first-order valence-corrected chi connectivity index (χ1v) is 13.1. The van der Waals surface area contributed by atoms with Gasteiger partial charge in [-0.15, -0.1) is 0 Å². The average Bonchev–Trinajstić information content (AvgIpc) is 3.29. The number of rotatable bonds is 4. The molecule has 6 rings (SSSR count). The Labute approximate surface area is 213 Å². The zero-order valence-electron chi connectivity index (χ0n) is 20.7. The molecular formula is C26H32F3N7O. The van der Waals surface area contributed by atoms with Crippen molar-refractivity contribution >= 4 is 17.0 Å². The molecule has 3 aromatic rings. The van der Waals surface area contributed by atoms with Gasteiger partial charge in [0.25, 0.3) is 0 Å². The number of piperidine rings is 1. The summed E-state index contributed by atoms with van der Waals surface area (Å²) in [7, 11) is 0. The molecule has 1 spiro atoms. The van der Waals surface area contributed by atoms with Gasteiger partial charge in [-0.25, -0.2) is 15.0 Å². The van der Waals surface area contributed by atoms with E-state index in [0.29, 0.717) is 35.2 Å². The van der Waals surface area contributed by atoms with Gasteiger partial charge in [0.2, 0.25) is 5.95 Å². The smallest absolute Gasteiger partial charge is 0.355 e. The van der Waals surface area contributed by atoms with Crippen LogP contribution >= 0.6 is 0 Å². The van der Waals surface area contributed by atoms with Crippen molar-refractivity contribution in [2.24, 2.45) is 5.41 Å². The van der Waals surface area contributed by atoms with Crippen LogP contribution in [0.25, 0.3) is 22.3 Å². The van der Waals surface area contributed by atoms with Crippen LogP contribution in [0.1, 0.15) is 50.3 Å². The van der Waals surface area contributed by atoms with Crippen molar-refractivity contribution in [1.29, 1.82) is 0 Å². The molecule has 0 bridgehead atoms. The van der Waals surface area contributed by atoms with Crippen LogP contribution in [0.5, 0.6) is 0 Å². The van der Waals surface area contributed by atoms with Crippen molar-refractivity contribution in [3.63, 3.8) is 0 Å². The maximum atomic E-state index is 14.2. The van der Waals surface area contributed by atoms with Gasteiger partial charge in [-0.1, -0.05) is 6.42 Å². The Kier molecular flexibility index (Phi) is 6.54. The molecule has 37 heavy (non-hydrogen) atoms. The molecule has 0 aromatic carbocycles. The molecule has 3 aliphatic rings. The summed E-state index contributed by atoms with van der Waals surface area (Å²) in [5.74, 6) is 0.236. The van der Waals surface area contributed by atoms with Gasteiger partial charge in [0.1, 0.15) is 17.4 Å². The number of ether oxygens (including phenoxy) is 1. The summed E-state index contributed by atoms with van der Waals surface area (Å²) in [6.07, 6.45) is 5.78. The molecule has 0 amide bonds. The first-order valence-electron chi connectivity index (χ1n) is 13.1. The van der Waals surface area contributed by atoms with Crippen LogP contribution < -0.4 is 16.0 Å². The van der Waals surface area contributed by atoms with Crippen LogP contribution in [0, 0.1) is 5.41 Å². The van der Waals surface area contributed by atoms with Gasteiger partial charge in [-0.05, 0) is 62.7 Å². The van der Waals surface area contributed by atoms with Crippen LogP contribution in [0.15, 0.2) is 30.7 Å². The minimum atomic E-state index is -4.60. The summed E-state index contributed by atoms with van der Waals surface area (Å²) in [6.45, 7) is 3.83. The molecule has 3 N–H and O–H groups in total. The van der Waals surface area contributed by atoms with Crippen LogP contribution in [0.2, 0.25) is 0 Å². The molecule has 0 radical (unpaired) electrons. The van der Waals surface area contributed by atoms with Crippen LogP contribution in [0.4, 0.5) is 19.1 Å². The molecule has 3 aromatic heterocycles. The lowest BCUT2D eigenvalue weighted by molar-refractivity contribution is -0.137. The summed E-state index contributed by atoms with van der Waals surface area (Å²) in [6, 6.07) is 3.65. The zero-order chi connectivity index (χ0) is 25.5. The van der Waals surface area contributed by atoms with E-state index >= 15 is 0 Å². The molecule has 2 unspecified atom stereocenters. The Hall–Kier alpha value is -2.76. The Morgan fingerprint density at radius 1 is 1.11 bits per heavy atom. The van der Waals surface area contributed by atoms with E-state index in [1.165, 1.54) is 6.42 Å². The summed E-state index contributed by atoms with van der Waals surface area (Å²) in [5, 5.41) is 10.7. The van der Waals surface area contributed by atoms with Crippen molar-refractivity contribution in [2.75, 3.05) is 38.1 Å². The van der Waals surface area contributed by atoms with E-state index in [0.717, 1.165) is 57.9 Å². The van der Waals surface area contributed by atoms with Crippen molar-refractivity contribution in [1.82, 2.24) is 30.2 Å². The van der Waals surface area contributed by atoms with Gasteiger partial charge in [0, 0.05) is 48.7 Å². The first-order chi connectivity index (χ1) is 17.9. The predicted molar refractivity (Wildman–Crippen MR) is 134 cm³/mol. The third kappa shape index (κ3) is 4.92. The van der Waals surface area contributed by atoms with Gasteiger partial charge >= 0.3 is 6.18 Å². The molecular weight excluding hydrogens is 483 g/mol. The lowest BCUT2D eigenvalue weighted by atomic mass is 9.67. The molecule has 5 heterocycles. The number of anilines is 1. The highest BCUT2D eigenvalue weighted by atomic mass is 19.4. The molecule has 8 nitrogen and oxygen atoms in total. The summed E-state index contributed by atoms with van der Waals surface area (Å²) in [5.41, 5.74) is 0.226. The van der Waals surface area contributed by atoms with Gasteiger partial charge in [0.15, 0.2) is 0 Å². The van der Waals surface area contributed by atoms with Gasteiger partial charge in [-0.3, -0.25) is 0 Å². The second kappa shape index (κ2) is 9.85. The maximum Gasteiger partial charge on any atom is 0.419 e. The molecule has 2 atom stereocenters. The number of morpholine rings is 1. The monoisotopic (exact) mass is 515 g/mol. The predicted octanol–water partition coefficient (Wildman–Crippen LogP) is 4.35. The maximum absolute atomic E-state index is 14.2. The van der Waals surface area contributed by atoms with E-state index in [9.17, 15) is 13.2 Å². The second-order valence-corrected chi connectivity index (χ2v) is 10.5. The molecule has 11 heteroatoms. The highest BCUT2D eigenvalue weighted by Gasteiger charge is 2.39. The van der Waals surface area contributed by atoms with E-state index < -0.39 is 11.7 Å². The number of nitrogens with zero attached hydrogens (tertiary/aromatic N) is 4. The van der Waals surface area contributed by atoms with Crippen molar-refractivity contribution in [2.45, 2.75) is 57.0 Å². The summed E-state index contributed by atoms with van der Waals surface area (Å²) in [4.78, 5) is 13.1. The highest BCUT2D eigenvalue weighted by Crippen LogP contribution is 2.44. The second-order valence-electron chi connectivity index (χ2n) is 10.5. The number of halogens is 3. The number of alkyl halides is 3. The summed E-state index contributed by atoms with van der Waals surface area (Å²) >= 11 is 0. The van der Waals surface area contributed by atoms with Crippen LogP contribution in [0.3, 0.4) is 0 Å². The minimum Gasteiger partial charge on any atom is -0.355 e. The number of hydrogen-bond donors (Lipinski definition) is 3.